The molecule has 0 aromatic heterocycles. The van der Waals surface area contributed by atoms with Gasteiger partial charge < -0.3 is 9.47 Å². The van der Waals surface area contributed by atoms with Crippen LogP contribution in [0.3, 0.4) is 0 Å². The van der Waals surface area contributed by atoms with Crippen molar-refractivity contribution in [1.29, 1.82) is 0 Å². The Balaban J connectivity index is 1.93. The van der Waals surface area contributed by atoms with Crippen LogP contribution >= 0.6 is 31.9 Å². The Morgan fingerprint density at radius 2 is 2.08 bits per heavy atom. The van der Waals surface area contributed by atoms with E-state index in [4.69, 9.17) is 9.47 Å². The molecule has 0 aliphatic rings. The molecule has 0 unspecified atom stereocenters. The first-order chi connectivity index (χ1) is 11.5. The predicted molar refractivity (Wildman–Crippen MR) is 101 cm³/mol. The topological polar surface area (TPSA) is 59.9 Å². The summed E-state index contributed by atoms with van der Waals surface area (Å²) < 4.78 is 12.4. The molecule has 0 fully saturated rings. The summed E-state index contributed by atoms with van der Waals surface area (Å²) in [6.45, 7) is 1.85. The number of ether oxygens (including phenoxy) is 2. The van der Waals surface area contributed by atoms with Gasteiger partial charge in [0.15, 0.2) is 6.61 Å². The van der Waals surface area contributed by atoms with Gasteiger partial charge in [-0.3, -0.25) is 4.79 Å². The van der Waals surface area contributed by atoms with Crippen molar-refractivity contribution in [1.82, 2.24) is 5.43 Å². The highest BCUT2D eigenvalue weighted by atomic mass is 79.9. The molecule has 7 heteroatoms. The van der Waals surface area contributed by atoms with E-state index < -0.39 is 0 Å². The van der Waals surface area contributed by atoms with Crippen LogP contribution in [-0.2, 0) is 4.79 Å². The van der Waals surface area contributed by atoms with Crippen LogP contribution in [0.5, 0.6) is 11.5 Å². The van der Waals surface area contributed by atoms with Crippen LogP contribution in [0.25, 0.3) is 0 Å². The van der Waals surface area contributed by atoms with Crippen LogP contribution in [0.15, 0.2) is 50.4 Å². The first-order valence-corrected chi connectivity index (χ1v) is 8.62. The molecule has 0 saturated heterocycles. The Bertz CT molecular complexity index is 763. The lowest BCUT2D eigenvalue weighted by molar-refractivity contribution is -0.123. The van der Waals surface area contributed by atoms with Gasteiger partial charge in [0, 0.05) is 10.0 Å². The molecule has 0 bridgehead atoms. The van der Waals surface area contributed by atoms with Crippen molar-refractivity contribution in [2.75, 3.05) is 13.7 Å². The summed E-state index contributed by atoms with van der Waals surface area (Å²) in [5, 5.41) is 3.94. The lowest BCUT2D eigenvalue weighted by atomic mass is 10.2. The van der Waals surface area contributed by atoms with Crippen molar-refractivity contribution in [3.05, 3.63) is 56.5 Å². The van der Waals surface area contributed by atoms with Crippen molar-refractivity contribution in [3.8, 4) is 11.5 Å². The number of nitrogens with one attached hydrogen (secondary N) is 1. The number of carbonyl (C=O) groups is 1. The molecule has 2 rings (SSSR count). The maximum absolute atomic E-state index is 11.8. The summed E-state index contributed by atoms with van der Waals surface area (Å²) in [4.78, 5) is 11.8. The molecule has 1 amide bonds. The minimum Gasteiger partial charge on any atom is -0.495 e. The highest BCUT2D eigenvalue weighted by molar-refractivity contribution is 9.11. The number of hydrogen-bond donors (Lipinski definition) is 1. The molecule has 0 atom stereocenters. The Kier molecular flexibility index (Phi) is 6.81. The monoisotopic (exact) mass is 454 g/mol. The molecule has 2 aromatic carbocycles. The molecule has 1 N–H and O–H groups in total. The minimum atomic E-state index is -0.346. The number of nitrogens with zero attached hydrogens (tertiary/aromatic N) is 1. The Morgan fingerprint density at radius 1 is 1.29 bits per heavy atom. The highest BCUT2D eigenvalue weighted by Gasteiger charge is 2.08. The molecule has 0 aliphatic carbocycles. The third-order valence-electron chi connectivity index (χ3n) is 2.99. The zero-order chi connectivity index (χ0) is 17.5. The second-order valence-corrected chi connectivity index (χ2v) is 6.68. The van der Waals surface area contributed by atoms with E-state index in [9.17, 15) is 4.79 Å². The number of aryl methyl sites for hydroxylation is 1. The molecule has 2 aromatic rings. The zero-order valence-corrected chi connectivity index (χ0v) is 16.3. The van der Waals surface area contributed by atoms with E-state index in [0.717, 1.165) is 20.1 Å². The second-order valence-electron chi connectivity index (χ2n) is 4.91. The summed E-state index contributed by atoms with van der Waals surface area (Å²) in [6.07, 6.45) is 1.51. The van der Waals surface area contributed by atoms with Gasteiger partial charge >= 0.3 is 0 Å². The number of methoxy groups -OCH3 is 1. The van der Waals surface area contributed by atoms with Crippen molar-refractivity contribution < 1.29 is 14.3 Å². The minimum absolute atomic E-state index is 0.111. The third-order valence-corrected chi connectivity index (χ3v) is 4.04. The fourth-order valence-electron chi connectivity index (χ4n) is 1.95. The lowest BCUT2D eigenvalue weighted by Gasteiger charge is -2.08. The number of halogens is 2. The first-order valence-electron chi connectivity index (χ1n) is 7.04. The molecule has 5 nitrogen and oxygen atoms in total. The van der Waals surface area contributed by atoms with Gasteiger partial charge in [-0.15, -0.1) is 0 Å². The average Bonchev–Trinajstić information content (AvgIpc) is 2.53. The smallest absolute Gasteiger partial charge is 0.277 e. The lowest BCUT2D eigenvalue weighted by Crippen LogP contribution is -2.24. The standard InChI is InChI=1S/C17H16Br2N2O3/c1-11-4-3-5-14(6-11)24-10-16(22)21-20-9-12-7-13(18)8-15(19)17(12)23-2/h3-9H,10H2,1-2H3,(H,21,22)/b20-9-. The van der Waals surface area contributed by atoms with E-state index in [1.54, 1.807) is 13.2 Å². The second kappa shape index (κ2) is 8.84. The predicted octanol–water partition coefficient (Wildman–Crippen LogP) is 4.06. The van der Waals surface area contributed by atoms with E-state index in [1.165, 1.54) is 6.21 Å². The van der Waals surface area contributed by atoms with Crippen molar-refractivity contribution in [3.63, 3.8) is 0 Å². The molecular formula is C17H16Br2N2O3. The van der Waals surface area contributed by atoms with Crippen molar-refractivity contribution >= 4 is 44.0 Å². The zero-order valence-electron chi connectivity index (χ0n) is 13.2. The Hall–Kier alpha value is -1.86. The number of amides is 1. The first kappa shape index (κ1) is 18.5. The number of benzene rings is 2. The largest absolute Gasteiger partial charge is 0.495 e. The maximum atomic E-state index is 11.8. The summed E-state index contributed by atoms with van der Waals surface area (Å²) in [5.74, 6) is 0.930. The van der Waals surface area contributed by atoms with E-state index in [0.29, 0.717) is 11.5 Å². The Labute approximate surface area is 157 Å². The number of hydrazone groups is 1. The van der Waals surface area contributed by atoms with E-state index in [1.807, 2.05) is 37.3 Å². The summed E-state index contributed by atoms with van der Waals surface area (Å²) >= 11 is 6.81. The average molecular weight is 456 g/mol. The van der Waals surface area contributed by atoms with Gasteiger partial charge in [0.05, 0.1) is 17.8 Å². The van der Waals surface area contributed by atoms with Gasteiger partial charge in [-0.25, -0.2) is 5.43 Å². The molecule has 0 heterocycles. The maximum Gasteiger partial charge on any atom is 0.277 e. The van der Waals surface area contributed by atoms with Crippen LogP contribution < -0.4 is 14.9 Å². The molecule has 0 aliphatic heterocycles. The van der Waals surface area contributed by atoms with Gasteiger partial charge in [0.2, 0.25) is 0 Å². The third kappa shape index (κ3) is 5.35. The quantitative estimate of drug-likeness (QED) is 0.527. The summed E-state index contributed by atoms with van der Waals surface area (Å²) in [5.41, 5.74) is 4.21. The molecular weight excluding hydrogens is 440 g/mol. The van der Waals surface area contributed by atoms with Crippen LogP contribution in [0.4, 0.5) is 0 Å². The molecule has 0 saturated carbocycles. The van der Waals surface area contributed by atoms with Gasteiger partial charge in [-0.2, -0.15) is 5.10 Å². The van der Waals surface area contributed by atoms with E-state index in [2.05, 4.69) is 42.4 Å². The fourth-order valence-corrected chi connectivity index (χ4v) is 3.37. The van der Waals surface area contributed by atoms with Gasteiger partial charge in [0.1, 0.15) is 11.5 Å². The Morgan fingerprint density at radius 3 is 2.79 bits per heavy atom. The van der Waals surface area contributed by atoms with Crippen molar-refractivity contribution in [2.24, 2.45) is 5.10 Å². The fraction of sp³-hybridized carbons (Fsp3) is 0.176. The van der Waals surface area contributed by atoms with Gasteiger partial charge in [0.25, 0.3) is 5.91 Å². The molecule has 126 valence electrons. The summed E-state index contributed by atoms with van der Waals surface area (Å²) in [6, 6.07) is 11.2. The van der Waals surface area contributed by atoms with Gasteiger partial charge in [-0.1, -0.05) is 28.1 Å². The normalized spacial score (nSPS) is 10.7. The van der Waals surface area contributed by atoms with Crippen LogP contribution in [0.2, 0.25) is 0 Å². The van der Waals surface area contributed by atoms with Crippen LogP contribution in [-0.4, -0.2) is 25.8 Å². The number of hydrogen-bond acceptors (Lipinski definition) is 4. The van der Waals surface area contributed by atoms with Crippen molar-refractivity contribution in [2.45, 2.75) is 6.92 Å². The summed E-state index contributed by atoms with van der Waals surface area (Å²) in [7, 11) is 1.57. The van der Waals surface area contributed by atoms with Crippen LogP contribution in [0, 0.1) is 6.92 Å². The SMILES string of the molecule is COc1c(Br)cc(Br)cc1/C=N\NC(=O)COc1cccc(C)c1. The molecule has 24 heavy (non-hydrogen) atoms. The van der Waals surface area contributed by atoms with E-state index >= 15 is 0 Å². The van der Waals surface area contributed by atoms with Crippen LogP contribution in [0.1, 0.15) is 11.1 Å². The molecule has 0 radical (unpaired) electrons. The number of carbonyl (C=O) groups excluding carboxylic acids is 1. The number of rotatable bonds is 6. The van der Waals surface area contributed by atoms with Gasteiger partial charge in [-0.05, 0) is 52.7 Å². The highest BCUT2D eigenvalue weighted by Crippen LogP contribution is 2.31. The van der Waals surface area contributed by atoms with E-state index in [-0.39, 0.29) is 12.5 Å². The molecule has 0 spiro atoms.